The van der Waals surface area contributed by atoms with Crippen LogP contribution in [0.2, 0.25) is 0 Å². The molecule has 1 heterocycles. The highest BCUT2D eigenvalue weighted by molar-refractivity contribution is 7.87. The summed E-state index contributed by atoms with van der Waals surface area (Å²) in [6.07, 6.45) is 0. The lowest BCUT2D eigenvalue weighted by Gasteiger charge is -2.33. The van der Waals surface area contributed by atoms with Gasteiger partial charge in [-0.2, -0.15) is 17.4 Å². The Hall–Kier alpha value is -0.250. The van der Waals surface area contributed by atoms with Gasteiger partial charge >= 0.3 is 0 Å². The average Bonchev–Trinajstić information content (AvgIpc) is 2.30. The van der Waals surface area contributed by atoms with Gasteiger partial charge in [-0.25, -0.2) is 0 Å². The van der Waals surface area contributed by atoms with Crippen LogP contribution in [0.25, 0.3) is 0 Å². The first-order valence-electron chi connectivity index (χ1n) is 5.67. The molecule has 2 N–H and O–H groups in total. The van der Waals surface area contributed by atoms with Crippen LogP contribution in [0.15, 0.2) is 0 Å². The summed E-state index contributed by atoms with van der Waals surface area (Å²) in [5.41, 5.74) is 0. The van der Waals surface area contributed by atoms with E-state index in [4.69, 9.17) is 9.84 Å². The lowest BCUT2D eigenvalue weighted by atomic mass is 10.4. The lowest BCUT2D eigenvalue weighted by Crippen LogP contribution is -2.52. The molecule has 0 aromatic carbocycles. The number of rotatable bonds is 7. The van der Waals surface area contributed by atoms with Crippen molar-refractivity contribution in [1.82, 2.24) is 13.9 Å². The molecule has 0 radical (unpaired) electrons. The van der Waals surface area contributed by atoms with Crippen molar-refractivity contribution in [3.63, 3.8) is 0 Å². The fourth-order valence-electron chi connectivity index (χ4n) is 1.70. The van der Waals surface area contributed by atoms with Crippen LogP contribution >= 0.6 is 0 Å². The first-order valence-corrected chi connectivity index (χ1v) is 7.11. The average molecular weight is 267 g/mol. The Kier molecular flexibility index (Phi) is 6.31. The number of ether oxygens (including phenoxy) is 1. The molecule has 0 aromatic rings. The molecule has 1 rings (SSSR count). The predicted molar refractivity (Wildman–Crippen MR) is 63.9 cm³/mol. The Morgan fingerprint density at radius 3 is 2.47 bits per heavy atom. The third kappa shape index (κ3) is 4.86. The summed E-state index contributed by atoms with van der Waals surface area (Å²) < 4.78 is 32.3. The maximum Gasteiger partial charge on any atom is 0.279 e. The van der Waals surface area contributed by atoms with Crippen molar-refractivity contribution in [2.75, 3.05) is 59.6 Å². The third-order valence-electron chi connectivity index (χ3n) is 2.68. The fraction of sp³-hybridized carbons (Fsp3) is 1.00. The number of aliphatic hydroxyl groups is 1. The number of hydrogen-bond acceptors (Lipinski definition) is 5. The molecule has 0 amide bonds. The molecule has 0 unspecified atom stereocenters. The molecule has 7 nitrogen and oxygen atoms in total. The molecule has 1 saturated heterocycles. The standard InChI is InChI=1S/C9H21N3O4S/c1-16-9-2-10-17(14,15)12-5-3-11(4-6-12)7-8-13/h10,13H,2-9H2,1H3. The van der Waals surface area contributed by atoms with E-state index in [9.17, 15) is 8.42 Å². The van der Waals surface area contributed by atoms with Gasteiger partial charge < -0.3 is 9.84 Å². The fourth-order valence-corrected chi connectivity index (χ4v) is 2.87. The topological polar surface area (TPSA) is 82.1 Å². The van der Waals surface area contributed by atoms with E-state index in [2.05, 4.69) is 4.72 Å². The molecular formula is C9H21N3O4S. The van der Waals surface area contributed by atoms with Crippen LogP contribution in [-0.2, 0) is 14.9 Å². The third-order valence-corrected chi connectivity index (χ3v) is 4.29. The van der Waals surface area contributed by atoms with Gasteiger partial charge in [-0.1, -0.05) is 0 Å². The molecule has 8 heteroatoms. The molecule has 1 aliphatic heterocycles. The van der Waals surface area contributed by atoms with Gasteiger partial charge in [0.15, 0.2) is 0 Å². The van der Waals surface area contributed by atoms with Crippen molar-refractivity contribution < 1.29 is 18.3 Å². The highest BCUT2D eigenvalue weighted by atomic mass is 32.2. The van der Waals surface area contributed by atoms with E-state index in [0.29, 0.717) is 39.3 Å². The van der Waals surface area contributed by atoms with Gasteiger partial charge in [0.2, 0.25) is 0 Å². The second kappa shape index (κ2) is 7.24. The van der Waals surface area contributed by atoms with Crippen LogP contribution in [0, 0.1) is 0 Å². The Morgan fingerprint density at radius 2 is 1.94 bits per heavy atom. The molecular weight excluding hydrogens is 246 g/mol. The Bertz CT molecular complexity index is 301. The van der Waals surface area contributed by atoms with Gasteiger partial charge in [0.25, 0.3) is 10.2 Å². The smallest absolute Gasteiger partial charge is 0.279 e. The van der Waals surface area contributed by atoms with Crippen LogP contribution in [0.4, 0.5) is 0 Å². The summed E-state index contributed by atoms with van der Waals surface area (Å²) in [7, 11) is -1.85. The van der Waals surface area contributed by atoms with Gasteiger partial charge in [-0.15, -0.1) is 0 Å². The molecule has 0 spiro atoms. The SMILES string of the molecule is COCCNS(=O)(=O)N1CCN(CCO)CC1. The number of methoxy groups -OCH3 is 1. The normalized spacial score (nSPS) is 19.6. The maximum absolute atomic E-state index is 11.8. The first-order chi connectivity index (χ1) is 8.10. The van der Waals surface area contributed by atoms with Crippen molar-refractivity contribution in [2.45, 2.75) is 0 Å². The molecule has 0 saturated carbocycles. The van der Waals surface area contributed by atoms with E-state index < -0.39 is 10.2 Å². The zero-order valence-corrected chi connectivity index (χ0v) is 10.9. The summed E-state index contributed by atoms with van der Waals surface area (Å²) in [4.78, 5) is 2.04. The summed E-state index contributed by atoms with van der Waals surface area (Å²) in [5.74, 6) is 0. The minimum Gasteiger partial charge on any atom is -0.395 e. The van der Waals surface area contributed by atoms with E-state index in [1.165, 1.54) is 11.4 Å². The van der Waals surface area contributed by atoms with E-state index in [-0.39, 0.29) is 13.2 Å². The molecule has 0 aliphatic carbocycles. The number of nitrogens with zero attached hydrogens (tertiary/aromatic N) is 2. The minimum atomic E-state index is -3.38. The monoisotopic (exact) mass is 267 g/mol. The molecule has 1 aliphatic rings. The molecule has 1 fully saturated rings. The number of nitrogens with one attached hydrogen (secondary N) is 1. The number of β-amino-alcohol motifs (C(OH)–C–C–N with tert-alkyl or cyclic N) is 1. The molecule has 0 aromatic heterocycles. The van der Waals surface area contributed by atoms with Crippen LogP contribution < -0.4 is 4.72 Å². The van der Waals surface area contributed by atoms with Crippen LogP contribution in [0.5, 0.6) is 0 Å². The van der Waals surface area contributed by atoms with Crippen molar-refractivity contribution >= 4 is 10.2 Å². The van der Waals surface area contributed by atoms with Gasteiger partial charge in [-0.05, 0) is 0 Å². The predicted octanol–water partition coefficient (Wildman–Crippen LogP) is -1.92. The van der Waals surface area contributed by atoms with Gasteiger partial charge in [0, 0.05) is 46.4 Å². The van der Waals surface area contributed by atoms with Crippen LogP contribution in [-0.4, -0.2) is 82.3 Å². The highest BCUT2D eigenvalue weighted by Gasteiger charge is 2.25. The zero-order valence-electron chi connectivity index (χ0n) is 10.1. The van der Waals surface area contributed by atoms with Gasteiger partial charge in [0.05, 0.1) is 13.2 Å². The van der Waals surface area contributed by atoms with Crippen molar-refractivity contribution in [3.05, 3.63) is 0 Å². The highest BCUT2D eigenvalue weighted by Crippen LogP contribution is 2.05. The van der Waals surface area contributed by atoms with E-state index in [0.717, 1.165) is 0 Å². The summed E-state index contributed by atoms with van der Waals surface area (Å²) in [5, 5.41) is 8.79. The van der Waals surface area contributed by atoms with Crippen molar-refractivity contribution in [2.24, 2.45) is 0 Å². The van der Waals surface area contributed by atoms with Gasteiger partial charge in [-0.3, -0.25) is 4.90 Å². The second-order valence-electron chi connectivity index (χ2n) is 3.86. The number of piperazine rings is 1. The van der Waals surface area contributed by atoms with Crippen molar-refractivity contribution in [1.29, 1.82) is 0 Å². The lowest BCUT2D eigenvalue weighted by molar-refractivity contribution is 0.150. The van der Waals surface area contributed by atoms with E-state index in [1.54, 1.807) is 0 Å². The molecule has 17 heavy (non-hydrogen) atoms. The van der Waals surface area contributed by atoms with Crippen molar-refractivity contribution in [3.8, 4) is 0 Å². The quantitative estimate of drug-likeness (QED) is 0.525. The largest absolute Gasteiger partial charge is 0.395 e. The Morgan fingerprint density at radius 1 is 1.29 bits per heavy atom. The molecule has 0 bridgehead atoms. The summed E-state index contributed by atoms with van der Waals surface area (Å²) >= 11 is 0. The van der Waals surface area contributed by atoms with E-state index >= 15 is 0 Å². The van der Waals surface area contributed by atoms with E-state index in [1.807, 2.05) is 4.90 Å². The second-order valence-corrected chi connectivity index (χ2v) is 5.61. The molecule has 102 valence electrons. The number of aliphatic hydroxyl groups excluding tert-OH is 1. The van der Waals surface area contributed by atoms with Crippen LogP contribution in [0.3, 0.4) is 0 Å². The maximum atomic E-state index is 11.8. The first kappa shape index (κ1) is 14.8. The Balaban J connectivity index is 2.36. The summed E-state index contributed by atoms with van der Waals surface area (Å²) in [6.45, 7) is 3.60. The Labute approximate surface area is 103 Å². The van der Waals surface area contributed by atoms with Gasteiger partial charge in [0.1, 0.15) is 0 Å². The van der Waals surface area contributed by atoms with Crippen LogP contribution in [0.1, 0.15) is 0 Å². The zero-order chi connectivity index (χ0) is 12.7. The number of hydrogen-bond donors (Lipinski definition) is 2. The minimum absolute atomic E-state index is 0.110. The summed E-state index contributed by atoms with van der Waals surface area (Å²) in [6, 6.07) is 0. The molecule has 0 atom stereocenters.